The second kappa shape index (κ2) is 12.4. The number of hydrogen-bond donors (Lipinski definition) is 2. The number of aliphatic imine (C=N–C) groups is 1. The van der Waals surface area contributed by atoms with E-state index in [0.717, 1.165) is 41.5 Å². The van der Waals surface area contributed by atoms with E-state index in [1.807, 2.05) is 56.6 Å². The van der Waals surface area contributed by atoms with Gasteiger partial charge in [-0.15, -0.1) is 0 Å². The van der Waals surface area contributed by atoms with E-state index in [4.69, 9.17) is 9.47 Å². The van der Waals surface area contributed by atoms with Gasteiger partial charge in [0.15, 0.2) is 5.82 Å². The Kier molecular flexibility index (Phi) is 8.73. The first-order chi connectivity index (χ1) is 17.6. The summed E-state index contributed by atoms with van der Waals surface area (Å²) < 4.78 is 13.7. The molecule has 0 atom stereocenters. The first-order valence-corrected chi connectivity index (χ1v) is 12.6. The van der Waals surface area contributed by atoms with Gasteiger partial charge in [-0.05, 0) is 62.9 Å². The summed E-state index contributed by atoms with van der Waals surface area (Å²) in [6, 6.07) is 12.2. The molecule has 190 valence electrons. The zero-order chi connectivity index (χ0) is 25.3. The topological polar surface area (TPSA) is 85.6 Å². The van der Waals surface area contributed by atoms with Gasteiger partial charge in [-0.25, -0.2) is 4.98 Å². The van der Waals surface area contributed by atoms with Gasteiger partial charge in [0.2, 0.25) is 5.88 Å². The number of nitrogens with zero attached hydrogens (tertiary/aromatic N) is 4. The van der Waals surface area contributed by atoms with Crippen LogP contribution < -0.4 is 20.1 Å². The van der Waals surface area contributed by atoms with Crippen molar-refractivity contribution in [1.82, 2.24) is 20.1 Å². The van der Waals surface area contributed by atoms with Crippen LogP contribution in [0.15, 0.2) is 59.4 Å². The number of aryl methyl sites for hydroxylation is 1. The minimum absolute atomic E-state index is 0.503. The van der Waals surface area contributed by atoms with Crippen molar-refractivity contribution < 1.29 is 9.47 Å². The number of rotatable bonds is 12. The molecule has 36 heavy (non-hydrogen) atoms. The van der Waals surface area contributed by atoms with Crippen molar-refractivity contribution in [2.24, 2.45) is 12.0 Å². The normalized spacial score (nSPS) is 14.4. The number of benzene rings is 1. The number of pyridine rings is 1. The van der Waals surface area contributed by atoms with Gasteiger partial charge in [-0.3, -0.25) is 9.67 Å². The van der Waals surface area contributed by atoms with E-state index in [1.54, 1.807) is 17.1 Å². The third kappa shape index (κ3) is 6.73. The molecule has 2 heterocycles. The van der Waals surface area contributed by atoms with Crippen molar-refractivity contribution in [2.45, 2.75) is 52.5 Å². The third-order valence-electron chi connectivity index (χ3n) is 6.27. The van der Waals surface area contributed by atoms with Crippen molar-refractivity contribution >= 4 is 23.4 Å². The molecule has 1 fully saturated rings. The Hall–Kier alpha value is -3.65. The summed E-state index contributed by atoms with van der Waals surface area (Å²) in [7, 11) is 1.90. The molecule has 0 bridgehead atoms. The van der Waals surface area contributed by atoms with Gasteiger partial charge in [-0.2, -0.15) is 5.10 Å². The maximum atomic E-state index is 6.10. The summed E-state index contributed by atoms with van der Waals surface area (Å²) in [4.78, 5) is 9.02. The highest BCUT2D eigenvalue weighted by Crippen LogP contribution is 2.35. The van der Waals surface area contributed by atoms with E-state index >= 15 is 0 Å². The summed E-state index contributed by atoms with van der Waals surface area (Å²) in [5.41, 5.74) is 3.95. The molecule has 0 spiro atoms. The predicted octanol–water partition coefficient (Wildman–Crippen LogP) is 6.10. The van der Waals surface area contributed by atoms with Gasteiger partial charge in [0.1, 0.15) is 18.1 Å². The van der Waals surface area contributed by atoms with Crippen LogP contribution in [0.1, 0.15) is 52.0 Å². The molecule has 3 aromatic rings. The molecule has 8 heteroatoms. The highest BCUT2D eigenvalue weighted by atomic mass is 16.5. The highest BCUT2D eigenvalue weighted by molar-refractivity contribution is 5.85. The smallest absolute Gasteiger partial charge is 0.219 e. The second-order valence-corrected chi connectivity index (χ2v) is 8.94. The van der Waals surface area contributed by atoms with Gasteiger partial charge < -0.3 is 20.1 Å². The van der Waals surface area contributed by atoms with Gasteiger partial charge in [0.25, 0.3) is 0 Å². The van der Waals surface area contributed by atoms with Crippen LogP contribution in [-0.4, -0.2) is 40.2 Å². The monoisotopic (exact) mass is 488 g/mol. The average molecular weight is 489 g/mol. The van der Waals surface area contributed by atoms with Crippen LogP contribution in [0.3, 0.4) is 0 Å². The molecule has 0 unspecified atom stereocenters. The van der Waals surface area contributed by atoms with Crippen LogP contribution in [0, 0.1) is 0 Å². The number of anilines is 1. The Bertz CT molecular complexity index is 1200. The molecule has 4 rings (SSSR count). The zero-order valence-corrected chi connectivity index (χ0v) is 21.6. The number of nitrogens with one attached hydrogen (secondary N) is 2. The van der Waals surface area contributed by atoms with Crippen LogP contribution in [0.2, 0.25) is 0 Å². The van der Waals surface area contributed by atoms with Crippen molar-refractivity contribution in [3.8, 4) is 17.4 Å². The van der Waals surface area contributed by atoms with Crippen LogP contribution in [0.5, 0.6) is 17.4 Å². The second-order valence-electron chi connectivity index (χ2n) is 8.94. The Morgan fingerprint density at radius 3 is 2.67 bits per heavy atom. The van der Waals surface area contributed by atoms with E-state index in [2.05, 4.69) is 39.6 Å². The van der Waals surface area contributed by atoms with Crippen molar-refractivity contribution in [3.05, 3.63) is 59.9 Å². The number of aromatic nitrogens is 3. The minimum Gasteiger partial charge on any atom is -0.491 e. The lowest BCUT2D eigenvalue weighted by Gasteiger charge is -2.26. The van der Waals surface area contributed by atoms with Crippen LogP contribution in [0.4, 0.5) is 11.5 Å². The molecule has 1 aliphatic carbocycles. The largest absolute Gasteiger partial charge is 0.491 e. The van der Waals surface area contributed by atoms with E-state index in [0.29, 0.717) is 24.3 Å². The standard InChI is InChI=1S/C28H36N6O2/c1-5-20(3)28(32-26-14-16-34(4)33-26)24-18-22(10-12-25(24)29-6-2)36-27-13-11-23(19-31-27)35-17-15-30-21-8-7-9-21/h6,10-14,16,18-19,21,30H,5,7-9,15,17H2,1-4H3,(H,32,33)/b28-20+,29-6?. The molecule has 1 saturated carbocycles. The zero-order valence-electron chi connectivity index (χ0n) is 21.6. The lowest BCUT2D eigenvalue weighted by Crippen LogP contribution is -2.37. The Balaban J connectivity index is 1.48. The molecule has 0 saturated heterocycles. The Morgan fingerprint density at radius 2 is 2.03 bits per heavy atom. The van der Waals surface area contributed by atoms with Gasteiger partial charge in [0, 0.05) is 55.4 Å². The van der Waals surface area contributed by atoms with Crippen molar-refractivity contribution in [3.63, 3.8) is 0 Å². The Morgan fingerprint density at radius 1 is 1.19 bits per heavy atom. The first kappa shape index (κ1) is 25.4. The quantitative estimate of drug-likeness (QED) is 0.237. The molecular formula is C28H36N6O2. The van der Waals surface area contributed by atoms with E-state index in [9.17, 15) is 0 Å². The number of ether oxygens (including phenoxy) is 2. The summed E-state index contributed by atoms with van der Waals surface area (Å²) in [5, 5.41) is 11.5. The predicted molar refractivity (Wildman–Crippen MR) is 145 cm³/mol. The molecular weight excluding hydrogens is 452 g/mol. The van der Waals surface area contributed by atoms with Crippen LogP contribution >= 0.6 is 0 Å². The van der Waals surface area contributed by atoms with Crippen molar-refractivity contribution in [1.29, 1.82) is 0 Å². The fourth-order valence-electron chi connectivity index (χ4n) is 3.90. The van der Waals surface area contributed by atoms with Gasteiger partial charge in [0.05, 0.1) is 11.9 Å². The average Bonchev–Trinajstić information content (AvgIpc) is 3.27. The van der Waals surface area contributed by atoms with E-state index in [-0.39, 0.29) is 0 Å². The maximum absolute atomic E-state index is 6.10. The molecule has 2 N–H and O–H groups in total. The highest BCUT2D eigenvalue weighted by Gasteiger charge is 2.16. The van der Waals surface area contributed by atoms with E-state index in [1.165, 1.54) is 24.8 Å². The molecule has 2 aromatic heterocycles. The summed E-state index contributed by atoms with van der Waals surface area (Å²) in [6.45, 7) is 7.62. The molecule has 1 aliphatic rings. The summed E-state index contributed by atoms with van der Waals surface area (Å²) in [5.74, 6) is 2.69. The SMILES string of the molecule is CC=Nc1ccc(Oc2ccc(OCCNC3CCC3)cn2)cc1/C(Nc1ccn(C)n1)=C(/C)CC. The molecule has 0 aliphatic heterocycles. The first-order valence-electron chi connectivity index (χ1n) is 12.6. The lowest BCUT2D eigenvalue weighted by atomic mass is 9.93. The molecule has 8 nitrogen and oxygen atoms in total. The summed E-state index contributed by atoms with van der Waals surface area (Å²) >= 11 is 0. The molecule has 0 radical (unpaired) electrons. The number of hydrogen-bond acceptors (Lipinski definition) is 7. The maximum Gasteiger partial charge on any atom is 0.219 e. The fraction of sp³-hybridized carbons (Fsp3) is 0.393. The third-order valence-corrected chi connectivity index (χ3v) is 6.27. The van der Waals surface area contributed by atoms with E-state index < -0.39 is 0 Å². The molecule has 0 amide bonds. The minimum atomic E-state index is 0.503. The fourth-order valence-corrected chi connectivity index (χ4v) is 3.90. The van der Waals surface area contributed by atoms with Crippen LogP contribution in [-0.2, 0) is 7.05 Å². The van der Waals surface area contributed by atoms with Crippen molar-refractivity contribution in [2.75, 3.05) is 18.5 Å². The number of allylic oxidation sites excluding steroid dienone is 1. The lowest BCUT2D eigenvalue weighted by molar-refractivity contribution is 0.275. The van der Waals surface area contributed by atoms with Gasteiger partial charge in [-0.1, -0.05) is 13.3 Å². The summed E-state index contributed by atoms with van der Waals surface area (Å²) in [6.07, 6.45) is 10.2. The van der Waals surface area contributed by atoms with Gasteiger partial charge >= 0.3 is 0 Å². The van der Waals surface area contributed by atoms with Crippen LogP contribution in [0.25, 0.3) is 5.70 Å². The Labute approximate surface area is 213 Å². The molecule has 1 aromatic carbocycles.